The largest absolute Gasteiger partial charge is 0.397 e. The molecule has 0 aliphatic heterocycles. The Morgan fingerprint density at radius 1 is 1.33 bits per heavy atom. The molecule has 1 aliphatic rings. The zero-order valence-corrected chi connectivity index (χ0v) is 14.5. The monoisotopic (exact) mass is 357 g/mol. The van der Waals surface area contributed by atoms with Crippen LogP contribution in [-0.4, -0.2) is 10.9 Å². The van der Waals surface area contributed by atoms with Gasteiger partial charge in [-0.25, -0.2) is 4.98 Å². The predicted molar refractivity (Wildman–Crippen MR) is 98.7 cm³/mol. The fraction of sp³-hybridized carbons (Fsp3) is 0.222. The summed E-state index contributed by atoms with van der Waals surface area (Å²) >= 11 is 7.48. The first kappa shape index (κ1) is 15.4. The van der Waals surface area contributed by atoms with Crippen molar-refractivity contribution in [1.82, 2.24) is 10.3 Å². The second-order valence-electron chi connectivity index (χ2n) is 5.92. The molecule has 24 heavy (non-hydrogen) atoms. The zero-order valence-electron chi connectivity index (χ0n) is 12.9. The van der Waals surface area contributed by atoms with Crippen LogP contribution in [-0.2, 0) is 19.4 Å². The maximum Gasteiger partial charge on any atom is 0.263 e. The summed E-state index contributed by atoms with van der Waals surface area (Å²) in [6.45, 7) is 0.371. The van der Waals surface area contributed by atoms with E-state index < -0.39 is 0 Å². The van der Waals surface area contributed by atoms with E-state index in [1.165, 1.54) is 16.9 Å². The van der Waals surface area contributed by atoms with Crippen LogP contribution in [0.25, 0.3) is 10.2 Å². The van der Waals surface area contributed by atoms with Gasteiger partial charge < -0.3 is 11.1 Å². The average Bonchev–Trinajstić information content (AvgIpc) is 3.16. The molecule has 122 valence electrons. The maximum absolute atomic E-state index is 12.5. The summed E-state index contributed by atoms with van der Waals surface area (Å²) in [5.74, 6) is -0.185. The average molecular weight is 358 g/mol. The first-order valence-electron chi connectivity index (χ1n) is 7.86. The highest BCUT2D eigenvalue weighted by Gasteiger charge is 2.21. The number of thiophene rings is 1. The molecule has 1 aromatic carbocycles. The fourth-order valence-corrected chi connectivity index (χ4v) is 4.28. The molecule has 0 radical (unpaired) electrons. The van der Waals surface area contributed by atoms with Crippen molar-refractivity contribution < 1.29 is 4.79 Å². The van der Waals surface area contributed by atoms with E-state index >= 15 is 0 Å². The fourth-order valence-electron chi connectivity index (χ4n) is 3.06. The Morgan fingerprint density at radius 2 is 2.17 bits per heavy atom. The van der Waals surface area contributed by atoms with E-state index in [2.05, 4.69) is 16.4 Å². The zero-order chi connectivity index (χ0) is 16.7. The van der Waals surface area contributed by atoms with E-state index in [0.29, 0.717) is 22.1 Å². The number of fused-ring (bicyclic) bond motifs is 2. The second kappa shape index (κ2) is 6.07. The molecule has 0 fully saturated rings. The summed E-state index contributed by atoms with van der Waals surface area (Å²) < 4.78 is 0. The van der Waals surface area contributed by atoms with Crippen LogP contribution in [0.2, 0.25) is 5.02 Å². The molecule has 0 bridgehead atoms. The number of aryl methyl sites for hydroxylation is 2. The lowest BCUT2D eigenvalue weighted by atomic mass is 10.1. The normalized spacial score (nSPS) is 13.2. The molecule has 1 aliphatic carbocycles. The lowest BCUT2D eigenvalue weighted by Gasteiger charge is -2.06. The van der Waals surface area contributed by atoms with Crippen LogP contribution in [0, 0.1) is 0 Å². The number of carbonyl (C=O) groups is 1. The van der Waals surface area contributed by atoms with E-state index in [-0.39, 0.29) is 5.91 Å². The molecule has 0 spiro atoms. The molecule has 0 saturated heterocycles. The predicted octanol–water partition coefficient (Wildman–Crippen LogP) is 3.95. The van der Waals surface area contributed by atoms with Crippen molar-refractivity contribution in [2.75, 3.05) is 5.73 Å². The summed E-state index contributed by atoms with van der Waals surface area (Å²) in [5, 5.41) is 4.43. The Balaban J connectivity index is 1.60. The van der Waals surface area contributed by atoms with Gasteiger partial charge in [0.2, 0.25) is 0 Å². The van der Waals surface area contributed by atoms with E-state index in [1.54, 1.807) is 0 Å². The molecule has 3 N–H and O–H groups in total. The first-order valence-corrected chi connectivity index (χ1v) is 9.05. The minimum Gasteiger partial charge on any atom is -0.397 e. The summed E-state index contributed by atoms with van der Waals surface area (Å²) in [5.41, 5.74) is 10.0. The third-order valence-electron chi connectivity index (χ3n) is 4.35. The van der Waals surface area contributed by atoms with Crippen LogP contribution in [0.5, 0.6) is 0 Å². The van der Waals surface area contributed by atoms with E-state index in [1.807, 2.05) is 24.3 Å². The van der Waals surface area contributed by atoms with Crippen molar-refractivity contribution >= 4 is 44.7 Å². The SMILES string of the molecule is Nc1c(C(=O)NCc2ccccc2Cl)sc2nc3c(cc12)CCC3. The third kappa shape index (κ3) is 2.64. The lowest BCUT2D eigenvalue weighted by Crippen LogP contribution is -2.22. The molecule has 0 saturated carbocycles. The third-order valence-corrected chi connectivity index (χ3v) is 5.84. The van der Waals surface area contributed by atoms with Gasteiger partial charge >= 0.3 is 0 Å². The van der Waals surface area contributed by atoms with Crippen LogP contribution in [0.3, 0.4) is 0 Å². The molecular weight excluding hydrogens is 342 g/mol. The number of amides is 1. The number of halogens is 1. The summed E-state index contributed by atoms with van der Waals surface area (Å²) in [6, 6.07) is 9.56. The molecule has 4 rings (SSSR count). The van der Waals surface area contributed by atoms with Gasteiger partial charge in [-0.05, 0) is 42.5 Å². The molecule has 0 unspecified atom stereocenters. The Bertz CT molecular complexity index is 951. The number of nitrogens with zero attached hydrogens (tertiary/aromatic N) is 1. The molecule has 2 heterocycles. The van der Waals surface area contributed by atoms with Crippen molar-refractivity contribution in [3.05, 3.63) is 57.1 Å². The molecule has 4 nitrogen and oxygen atoms in total. The molecular formula is C18H16ClN3OS. The van der Waals surface area contributed by atoms with Crippen molar-refractivity contribution in [3.63, 3.8) is 0 Å². The van der Waals surface area contributed by atoms with Gasteiger partial charge in [0, 0.05) is 22.6 Å². The molecule has 2 aromatic heterocycles. The highest BCUT2D eigenvalue weighted by molar-refractivity contribution is 7.21. The highest BCUT2D eigenvalue weighted by atomic mass is 35.5. The van der Waals surface area contributed by atoms with Crippen molar-refractivity contribution in [3.8, 4) is 0 Å². The van der Waals surface area contributed by atoms with Gasteiger partial charge in [-0.1, -0.05) is 29.8 Å². The summed E-state index contributed by atoms with van der Waals surface area (Å²) in [4.78, 5) is 18.6. The number of rotatable bonds is 3. The van der Waals surface area contributed by atoms with E-state index in [9.17, 15) is 4.79 Å². The van der Waals surface area contributed by atoms with Crippen LogP contribution in [0.1, 0.15) is 32.9 Å². The number of aromatic nitrogens is 1. The molecule has 1 amide bonds. The smallest absolute Gasteiger partial charge is 0.263 e. The van der Waals surface area contributed by atoms with Gasteiger partial charge in [0.1, 0.15) is 9.71 Å². The molecule has 0 atom stereocenters. The minimum absolute atomic E-state index is 0.185. The van der Waals surface area contributed by atoms with Gasteiger partial charge in [-0.2, -0.15) is 0 Å². The van der Waals surface area contributed by atoms with Gasteiger partial charge in [-0.3, -0.25) is 4.79 Å². The van der Waals surface area contributed by atoms with Crippen molar-refractivity contribution in [2.24, 2.45) is 0 Å². The first-order chi connectivity index (χ1) is 11.6. The van der Waals surface area contributed by atoms with E-state index in [0.717, 1.165) is 40.7 Å². The summed E-state index contributed by atoms with van der Waals surface area (Å²) in [6.07, 6.45) is 3.20. The number of hydrogen-bond acceptors (Lipinski definition) is 4. The number of nitrogens with one attached hydrogen (secondary N) is 1. The topological polar surface area (TPSA) is 68.0 Å². The van der Waals surface area contributed by atoms with Crippen molar-refractivity contribution in [1.29, 1.82) is 0 Å². The van der Waals surface area contributed by atoms with Crippen LogP contribution < -0.4 is 11.1 Å². The highest BCUT2D eigenvalue weighted by Crippen LogP contribution is 2.35. The van der Waals surface area contributed by atoms with E-state index in [4.69, 9.17) is 17.3 Å². The summed E-state index contributed by atoms with van der Waals surface area (Å²) in [7, 11) is 0. The van der Waals surface area contributed by atoms with Gasteiger partial charge in [0.25, 0.3) is 5.91 Å². The van der Waals surface area contributed by atoms with Gasteiger partial charge in [-0.15, -0.1) is 11.3 Å². The second-order valence-corrected chi connectivity index (χ2v) is 7.33. The number of carbonyl (C=O) groups excluding carboxylic acids is 1. The van der Waals surface area contributed by atoms with Crippen LogP contribution in [0.4, 0.5) is 5.69 Å². The van der Waals surface area contributed by atoms with Crippen LogP contribution >= 0.6 is 22.9 Å². The van der Waals surface area contributed by atoms with Crippen LogP contribution in [0.15, 0.2) is 30.3 Å². The molecule has 3 aromatic rings. The number of nitrogen functional groups attached to an aromatic ring is 1. The van der Waals surface area contributed by atoms with Gasteiger partial charge in [0.15, 0.2) is 0 Å². The van der Waals surface area contributed by atoms with Crippen molar-refractivity contribution in [2.45, 2.75) is 25.8 Å². The maximum atomic E-state index is 12.5. The number of hydrogen-bond donors (Lipinski definition) is 2. The Labute approximate surface area is 148 Å². The number of benzene rings is 1. The quantitative estimate of drug-likeness (QED) is 0.745. The lowest BCUT2D eigenvalue weighted by molar-refractivity contribution is 0.0956. The number of pyridine rings is 1. The number of nitrogens with two attached hydrogens (primary N) is 1. The number of anilines is 1. The molecule has 6 heteroatoms. The Hall–Kier alpha value is -2.11. The Kier molecular flexibility index (Phi) is 3.90. The van der Waals surface area contributed by atoms with Gasteiger partial charge in [0.05, 0.1) is 5.69 Å². The minimum atomic E-state index is -0.185. The standard InChI is InChI=1S/C18H16ClN3OS/c19-13-6-2-1-4-11(13)9-21-17(23)16-15(20)12-8-10-5-3-7-14(10)22-18(12)24-16/h1-2,4,6,8H,3,5,7,9,20H2,(H,21,23). The Morgan fingerprint density at radius 3 is 3.00 bits per heavy atom.